The van der Waals surface area contributed by atoms with E-state index in [2.05, 4.69) is 4.98 Å². The van der Waals surface area contributed by atoms with E-state index < -0.39 is 16.0 Å². The quantitative estimate of drug-likeness (QED) is 0.666. The molecule has 2 heterocycles. The molecule has 136 valence electrons. The molecule has 0 atom stereocenters. The smallest absolute Gasteiger partial charge is 0.306 e. The molecule has 0 bridgehead atoms. The van der Waals surface area contributed by atoms with Gasteiger partial charge in [0.05, 0.1) is 24.1 Å². The summed E-state index contributed by atoms with van der Waals surface area (Å²) in [6, 6.07) is 11.0. The zero-order valence-electron chi connectivity index (χ0n) is 14.1. The van der Waals surface area contributed by atoms with Gasteiger partial charge in [-0.1, -0.05) is 18.2 Å². The Hall–Kier alpha value is -2.87. The van der Waals surface area contributed by atoms with Crippen molar-refractivity contribution in [3.8, 4) is 5.75 Å². The second-order valence-electron chi connectivity index (χ2n) is 5.63. The van der Waals surface area contributed by atoms with E-state index in [1.807, 2.05) is 0 Å². The number of aromatic nitrogens is 2. The fraction of sp³-hybridized carbons (Fsp3) is 0.222. The van der Waals surface area contributed by atoms with Gasteiger partial charge in [0.2, 0.25) is 0 Å². The van der Waals surface area contributed by atoms with Crippen LogP contribution in [0.5, 0.6) is 5.75 Å². The van der Waals surface area contributed by atoms with Crippen LogP contribution in [0.15, 0.2) is 53.6 Å². The third kappa shape index (κ3) is 3.41. The average molecular weight is 374 g/mol. The molecule has 7 nitrogen and oxygen atoms in total. The molecule has 0 aliphatic rings. The molecule has 1 aromatic carbocycles. The van der Waals surface area contributed by atoms with Gasteiger partial charge in [0.25, 0.3) is 10.0 Å². The van der Waals surface area contributed by atoms with Crippen LogP contribution in [0.25, 0.3) is 11.0 Å². The molecule has 0 spiro atoms. The van der Waals surface area contributed by atoms with Crippen LogP contribution in [0.1, 0.15) is 19.0 Å². The lowest BCUT2D eigenvalue weighted by Gasteiger charge is -2.11. The SMILES string of the molecule is CCOC(=O)CCc1cc2cc(O)cnc2n1S(=O)(=O)c1ccccc1. The van der Waals surface area contributed by atoms with Gasteiger partial charge in [-0.05, 0) is 37.6 Å². The van der Waals surface area contributed by atoms with E-state index in [-0.39, 0.29) is 35.7 Å². The minimum absolute atomic E-state index is 0.0421. The van der Waals surface area contributed by atoms with Gasteiger partial charge in [-0.15, -0.1) is 0 Å². The van der Waals surface area contributed by atoms with Gasteiger partial charge in [0.15, 0.2) is 5.65 Å². The van der Waals surface area contributed by atoms with Crippen LogP contribution in [-0.4, -0.2) is 35.1 Å². The number of hydrogen-bond acceptors (Lipinski definition) is 6. The summed E-state index contributed by atoms with van der Waals surface area (Å²) < 4.78 is 32.3. The largest absolute Gasteiger partial charge is 0.506 e. The van der Waals surface area contributed by atoms with Gasteiger partial charge in [0, 0.05) is 11.1 Å². The normalized spacial score (nSPS) is 11.6. The molecule has 0 aliphatic heterocycles. The van der Waals surface area contributed by atoms with Crippen molar-refractivity contribution in [2.75, 3.05) is 6.61 Å². The van der Waals surface area contributed by atoms with Crippen LogP contribution in [0.4, 0.5) is 0 Å². The molecule has 3 aromatic rings. The second-order valence-corrected chi connectivity index (χ2v) is 7.42. The first kappa shape index (κ1) is 17.9. The summed E-state index contributed by atoms with van der Waals surface area (Å²) in [7, 11) is -3.91. The van der Waals surface area contributed by atoms with Crippen molar-refractivity contribution in [3.63, 3.8) is 0 Å². The number of aryl methyl sites for hydroxylation is 1. The minimum Gasteiger partial charge on any atom is -0.506 e. The van der Waals surface area contributed by atoms with Crippen LogP contribution in [-0.2, 0) is 26.0 Å². The Labute approximate surface area is 150 Å². The summed E-state index contributed by atoms with van der Waals surface area (Å²) in [4.78, 5) is 15.9. The number of benzene rings is 1. The first-order valence-electron chi connectivity index (χ1n) is 8.09. The Bertz CT molecular complexity index is 1040. The first-order valence-corrected chi connectivity index (χ1v) is 9.53. The molecule has 0 fully saturated rings. The summed E-state index contributed by atoms with van der Waals surface area (Å²) in [6.45, 7) is 1.97. The first-order chi connectivity index (χ1) is 12.4. The van der Waals surface area contributed by atoms with Crippen LogP contribution in [0, 0.1) is 0 Å². The highest BCUT2D eigenvalue weighted by atomic mass is 32.2. The molecular formula is C18H18N2O5S. The van der Waals surface area contributed by atoms with E-state index in [9.17, 15) is 18.3 Å². The topological polar surface area (TPSA) is 98.5 Å². The van der Waals surface area contributed by atoms with Crippen molar-refractivity contribution in [2.45, 2.75) is 24.7 Å². The standard InChI is InChI=1S/C18H18N2O5S/c1-2-25-17(22)9-8-14-10-13-11-15(21)12-19-18(13)20(14)26(23,24)16-6-4-3-5-7-16/h3-7,10-12,21H,2,8-9H2,1H3. The lowest BCUT2D eigenvalue weighted by atomic mass is 10.2. The molecule has 8 heteroatoms. The van der Waals surface area contributed by atoms with E-state index in [0.29, 0.717) is 11.1 Å². The maximum Gasteiger partial charge on any atom is 0.306 e. The molecule has 26 heavy (non-hydrogen) atoms. The summed E-state index contributed by atoms with van der Waals surface area (Å²) in [5, 5.41) is 10.1. The molecule has 0 aliphatic carbocycles. The van der Waals surface area contributed by atoms with E-state index in [1.165, 1.54) is 24.4 Å². The molecule has 0 radical (unpaired) electrons. The molecule has 2 aromatic heterocycles. The molecule has 3 rings (SSSR count). The fourth-order valence-corrected chi connectivity index (χ4v) is 4.26. The van der Waals surface area contributed by atoms with Crippen molar-refractivity contribution in [1.82, 2.24) is 8.96 Å². The number of hydrogen-bond donors (Lipinski definition) is 1. The Morgan fingerprint density at radius 1 is 1.23 bits per heavy atom. The van der Waals surface area contributed by atoms with Crippen molar-refractivity contribution in [1.29, 1.82) is 0 Å². The average Bonchev–Trinajstić information content (AvgIpc) is 2.99. The van der Waals surface area contributed by atoms with Gasteiger partial charge < -0.3 is 9.84 Å². The van der Waals surface area contributed by atoms with Crippen LogP contribution < -0.4 is 0 Å². The molecule has 0 saturated carbocycles. The highest BCUT2D eigenvalue weighted by Gasteiger charge is 2.24. The summed E-state index contributed by atoms with van der Waals surface area (Å²) in [5.74, 6) is -0.471. The number of carbonyl (C=O) groups excluding carboxylic acids is 1. The number of esters is 1. The minimum atomic E-state index is -3.91. The fourth-order valence-electron chi connectivity index (χ4n) is 2.72. The maximum atomic E-state index is 13.1. The Morgan fingerprint density at radius 3 is 2.65 bits per heavy atom. The molecule has 0 saturated heterocycles. The third-order valence-electron chi connectivity index (χ3n) is 3.83. The van der Waals surface area contributed by atoms with E-state index in [0.717, 1.165) is 3.97 Å². The van der Waals surface area contributed by atoms with E-state index in [1.54, 1.807) is 31.2 Å². The highest BCUT2D eigenvalue weighted by molar-refractivity contribution is 7.90. The van der Waals surface area contributed by atoms with E-state index in [4.69, 9.17) is 4.74 Å². The lowest BCUT2D eigenvalue weighted by Crippen LogP contribution is -2.17. The van der Waals surface area contributed by atoms with E-state index >= 15 is 0 Å². The zero-order valence-corrected chi connectivity index (χ0v) is 14.9. The number of aromatic hydroxyl groups is 1. The summed E-state index contributed by atoms with van der Waals surface area (Å²) in [5.41, 5.74) is 0.598. The van der Waals surface area contributed by atoms with Gasteiger partial charge in [0.1, 0.15) is 5.75 Å². The van der Waals surface area contributed by atoms with Crippen molar-refractivity contribution in [3.05, 3.63) is 54.4 Å². The number of ether oxygens (including phenoxy) is 1. The predicted molar refractivity (Wildman–Crippen MR) is 95.4 cm³/mol. The second kappa shape index (κ2) is 7.17. The molecular weight excluding hydrogens is 356 g/mol. The Balaban J connectivity index is 2.12. The number of carbonyl (C=O) groups is 1. The van der Waals surface area contributed by atoms with Crippen molar-refractivity contribution >= 4 is 27.0 Å². The highest BCUT2D eigenvalue weighted by Crippen LogP contribution is 2.27. The Kier molecular flexibility index (Phi) is 4.94. The lowest BCUT2D eigenvalue weighted by molar-refractivity contribution is -0.143. The number of nitrogens with zero attached hydrogens (tertiary/aromatic N) is 2. The molecule has 0 unspecified atom stereocenters. The zero-order chi connectivity index (χ0) is 18.7. The number of pyridine rings is 1. The van der Waals surface area contributed by atoms with Crippen LogP contribution in [0.2, 0.25) is 0 Å². The van der Waals surface area contributed by atoms with Gasteiger partial charge >= 0.3 is 5.97 Å². The summed E-state index contributed by atoms with van der Waals surface area (Å²) >= 11 is 0. The monoisotopic (exact) mass is 374 g/mol. The molecule has 0 amide bonds. The number of rotatable bonds is 6. The Morgan fingerprint density at radius 2 is 1.96 bits per heavy atom. The maximum absolute atomic E-state index is 13.1. The van der Waals surface area contributed by atoms with Gasteiger partial charge in [-0.3, -0.25) is 4.79 Å². The van der Waals surface area contributed by atoms with Crippen molar-refractivity contribution in [2.24, 2.45) is 0 Å². The van der Waals surface area contributed by atoms with Crippen LogP contribution >= 0.6 is 0 Å². The van der Waals surface area contributed by atoms with Crippen molar-refractivity contribution < 1.29 is 23.1 Å². The predicted octanol–water partition coefficient (Wildman–Crippen LogP) is 2.47. The van der Waals surface area contributed by atoms with Crippen LogP contribution in [0.3, 0.4) is 0 Å². The van der Waals surface area contributed by atoms with Gasteiger partial charge in [-0.2, -0.15) is 0 Å². The number of fused-ring (bicyclic) bond motifs is 1. The third-order valence-corrected chi connectivity index (χ3v) is 5.58. The van der Waals surface area contributed by atoms with Gasteiger partial charge in [-0.25, -0.2) is 17.4 Å². The summed E-state index contributed by atoms with van der Waals surface area (Å²) in [6.07, 6.45) is 1.40. The molecule has 1 N–H and O–H groups in total.